The smallest absolute Gasteiger partial charge is 0.254 e. The van der Waals surface area contributed by atoms with E-state index in [1.165, 1.54) is 17.0 Å². The summed E-state index contributed by atoms with van der Waals surface area (Å²) in [5, 5.41) is 9.18. The first kappa shape index (κ1) is 13.0. The number of β-amino-alcohol motifs (C(OH)–C–C–N with tert-alkyl or cyclic N) is 1. The monoisotopic (exact) mass is 269 g/mol. The molecule has 18 heavy (non-hydrogen) atoms. The molecule has 0 radical (unpaired) electrons. The molecule has 5 nitrogen and oxygen atoms in total. The van der Waals surface area contributed by atoms with Crippen LogP contribution >= 0.6 is 0 Å². The summed E-state index contributed by atoms with van der Waals surface area (Å²) in [7, 11) is -3.32. The van der Waals surface area contributed by atoms with E-state index >= 15 is 0 Å². The largest absolute Gasteiger partial charge is 0.389 e. The Labute approximate surface area is 106 Å². The summed E-state index contributed by atoms with van der Waals surface area (Å²) in [4.78, 5) is 13.7. The molecule has 6 heteroatoms. The molecule has 0 aromatic heterocycles. The maximum atomic E-state index is 12.1. The Kier molecular flexibility index (Phi) is 3.16. The van der Waals surface area contributed by atoms with Gasteiger partial charge in [0.2, 0.25) is 0 Å². The van der Waals surface area contributed by atoms with E-state index in [9.17, 15) is 18.3 Å². The molecule has 1 amide bonds. The number of aliphatic hydroxyl groups excluding tert-OH is 1. The van der Waals surface area contributed by atoms with Crippen molar-refractivity contribution < 1.29 is 18.3 Å². The van der Waals surface area contributed by atoms with E-state index in [0.717, 1.165) is 11.8 Å². The van der Waals surface area contributed by atoms with Crippen molar-refractivity contribution in [3.8, 4) is 0 Å². The maximum absolute atomic E-state index is 12.1. The van der Waals surface area contributed by atoms with Gasteiger partial charge in [-0.1, -0.05) is 6.07 Å². The van der Waals surface area contributed by atoms with Gasteiger partial charge in [0.15, 0.2) is 9.84 Å². The first-order valence-electron chi connectivity index (χ1n) is 5.57. The molecule has 1 N–H and O–H groups in total. The molecule has 0 atom stereocenters. The lowest BCUT2D eigenvalue weighted by molar-refractivity contribution is 0.00582. The van der Waals surface area contributed by atoms with Crippen molar-refractivity contribution in [2.45, 2.75) is 17.9 Å². The molecule has 1 aromatic carbocycles. The molecule has 1 aliphatic heterocycles. The van der Waals surface area contributed by atoms with Crippen LogP contribution in [0.5, 0.6) is 0 Å². The minimum atomic E-state index is -3.32. The van der Waals surface area contributed by atoms with Gasteiger partial charge in [0.05, 0.1) is 11.0 Å². The Morgan fingerprint density at radius 2 is 2.00 bits per heavy atom. The average Bonchev–Trinajstić information content (AvgIpc) is 2.23. The number of carbonyl (C=O) groups excluding carboxylic acids is 1. The van der Waals surface area contributed by atoms with Gasteiger partial charge in [-0.05, 0) is 24.6 Å². The fourth-order valence-corrected chi connectivity index (χ4v) is 2.50. The van der Waals surface area contributed by atoms with Gasteiger partial charge in [0.1, 0.15) is 0 Å². The summed E-state index contributed by atoms with van der Waals surface area (Å²) in [6.45, 7) is 2.37. The summed E-state index contributed by atoms with van der Waals surface area (Å²) in [6, 6.07) is 4.52. The molecular formula is C12H15NO4S. The quantitative estimate of drug-likeness (QED) is 0.833. The highest BCUT2D eigenvalue weighted by atomic mass is 32.2. The lowest BCUT2D eigenvalue weighted by Gasteiger charge is -2.36. The minimum Gasteiger partial charge on any atom is -0.389 e. The normalized spacial score (nSPS) is 16.5. The number of carbonyl (C=O) groups is 1. The molecule has 0 unspecified atom stereocenters. The van der Waals surface area contributed by atoms with E-state index in [1.807, 2.05) is 0 Å². The predicted octanol–water partition coefficient (Wildman–Crippen LogP) is 0.215. The molecule has 1 fully saturated rings. The number of sulfone groups is 1. The second-order valence-electron chi connectivity index (χ2n) is 4.61. The number of likely N-dealkylation sites (tertiary alicyclic amines) is 1. The molecule has 1 aliphatic rings. The van der Waals surface area contributed by atoms with Crippen LogP contribution < -0.4 is 0 Å². The molecule has 0 spiro atoms. The van der Waals surface area contributed by atoms with Gasteiger partial charge in [-0.3, -0.25) is 4.79 Å². The molecule has 98 valence electrons. The Morgan fingerprint density at radius 1 is 1.39 bits per heavy atom. The summed E-state index contributed by atoms with van der Waals surface area (Å²) in [5.74, 6) is -0.233. The highest BCUT2D eigenvalue weighted by Crippen LogP contribution is 2.20. The Bertz CT molecular complexity index is 588. The molecule has 0 aliphatic carbocycles. The molecular weight excluding hydrogens is 254 g/mol. The molecule has 1 heterocycles. The SMILES string of the molecule is Cc1ccc(S(C)(=O)=O)cc1C(=O)N1CC(O)C1. The van der Waals surface area contributed by atoms with Gasteiger partial charge in [0, 0.05) is 24.9 Å². The fraction of sp³-hybridized carbons (Fsp3) is 0.417. The highest BCUT2D eigenvalue weighted by molar-refractivity contribution is 7.90. The third-order valence-electron chi connectivity index (χ3n) is 3.02. The van der Waals surface area contributed by atoms with Gasteiger partial charge >= 0.3 is 0 Å². The number of benzene rings is 1. The summed E-state index contributed by atoms with van der Waals surface area (Å²) in [5.41, 5.74) is 1.11. The number of aryl methyl sites for hydroxylation is 1. The number of hydrogen-bond donors (Lipinski definition) is 1. The van der Waals surface area contributed by atoms with Gasteiger partial charge in [0.25, 0.3) is 5.91 Å². The molecule has 0 bridgehead atoms. The lowest BCUT2D eigenvalue weighted by atomic mass is 10.0. The van der Waals surface area contributed by atoms with E-state index in [1.54, 1.807) is 13.0 Å². The summed E-state index contributed by atoms with van der Waals surface area (Å²) < 4.78 is 22.9. The Hall–Kier alpha value is -1.40. The summed E-state index contributed by atoms with van der Waals surface area (Å²) >= 11 is 0. The van der Waals surface area contributed by atoms with Crippen molar-refractivity contribution >= 4 is 15.7 Å². The zero-order chi connectivity index (χ0) is 13.5. The van der Waals surface area contributed by atoms with E-state index in [-0.39, 0.29) is 10.8 Å². The van der Waals surface area contributed by atoms with Gasteiger partial charge in [-0.25, -0.2) is 8.42 Å². The molecule has 0 saturated carbocycles. The third kappa shape index (κ3) is 2.39. The third-order valence-corrected chi connectivity index (χ3v) is 4.13. The standard InChI is InChI=1S/C12H15NO4S/c1-8-3-4-10(18(2,16)17)5-11(8)12(15)13-6-9(14)7-13/h3-5,9,14H,6-7H2,1-2H3. The average molecular weight is 269 g/mol. The predicted molar refractivity (Wildman–Crippen MR) is 66.2 cm³/mol. The van der Waals surface area contributed by atoms with Crippen LogP contribution in [0.15, 0.2) is 23.1 Å². The van der Waals surface area contributed by atoms with Crippen LogP contribution in [-0.2, 0) is 9.84 Å². The van der Waals surface area contributed by atoms with Crippen molar-refractivity contribution in [1.82, 2.24) is 4.90 Å². The maximum Gasteiger partial charge on any atom is 0.254 e. The number of aliphatic hydroxyl groups is 1. The summed E-state index contributed by atoms with van der Waals surface area (Å²) in [6.07, 6.45) is 0.645. The van der Waals surface area contributed by atoms with E-state index in [2.05, 4.69) is 0 Å². The first-order chi connectivity index (χ1) is 8.29. The molecule has 1 aromatic rings. The zero-order valence-electron chi connectivity index (χ0n) is 10.3. The fourth-order valence-electron chi connectivity index (χ4n) is 1.85. The van der Waals surface area contributed by atoms with Crippen molar-refractivity contribution in [2.75, 3.05) is 19.3 Å². The van der Waals surface area contributed by atoms with Crippen LogP contribution in [0.2, 0.25) is 0 Å². The van der Waals surface area contributed by atoms with Crippen LogP contribution in [-0.4, -0.2) is 49.8 Å². The molecule has 1 saturated heterocycles. The van der Waals surface area contributed by atoms with Crippen molar-refractivity contribution in [1.29, 1.82) is 0 Å². The zero-order valence-corrected chi connectivity index (χ0v) is 11.1. The van der Waals surface area contributed by atoms with E-state index in [0.29, 0.717) is 18.7 Å². The number of hydrogen-bond acceptors (Lipinski definition) is 4. The van der Waals surface area contributed by atoms with Crippen LogP contribution in [0, 0.1) is 6.92 Å². The van der Waals surface area contributed by atoms with Crippen LogP contribution in [0.1, 0.15) is 15.9 Å². The van der Waals surface area contributed by atoms with Crippen LogP contribution in [0.25, 0.3) is 0 Å². The first-order valence-corrected chi connectivity index (χ1v) is 7.46. The van der Waals surface area contributed by atoms with Crippen molar-refractivity contribution in [3.63, 3.8) is 0 Å². The Balaban J connectivity index is 2.35. The van der Waals surface area contributed by atoms with E-state index < -0.39 is 15.9 Å². The number of rotatable bonds is 2. The number of amides is 1. The van der Waals surface area contributed by atoms with Crippen LogP contribution in [0.3, 0.4) is 0 Å². The van der Waals surface area contributed by atoms with Gasteiger partial charge in [-0.2, -0.15) is 0 Å². The van der Waals surface area contributed by atoms with Crippen LogP contribution in [0.4, 0.5) is 0 Å². The van der Waals surface area contributed by atoms with Gasteiger partial charge in [-0.15, -0.1) is 0 Å². The second-order valence-corrected chi connectivity index (χ2v) is 6.63. The van der Waals surface area contributed by atoms with Gasteiger partial charge < -0.3 is 10.0 Å². The Morgan fingerprint density at radius 3 is 2.50 bits per heavy atom. The number of nitrogens with zero attached hydrogens (tertiary/aromatic N) is 1. The highest BCUT2D eigenvalue weighted by Gasteiger charge is 2.30. The van der Waals surface area contributed by atoms with Crippen molar-refractivity contribution in [3.05, 3.63) is 29.3 Å². The lowest BCUT2D eigenvalue weighted by Crippen LogP contribution is -2.53. The topological polar surface area (TPSA) is 74.7 Å². The molecule has 2 rings (SSSR count). The van der Waals surface area contributed by atoms with Crippen molar-refractivity contribution in [2.24, 2.45) is 0 Å². The van der Waals surface area contributed by atoms with E-state index in [4.69, 9.17) is 0 Å². The minimum absolute atomic E-state index is 0.137. The second kappa shape index (κ2) is 4.37.